The Labute approximate surface area is 219 Å². The molecule has 3 saturated carbocycles. The minimum Gasteiger partial charge on any atom is -0.355 e. The summed E-state index contributed by atoms with van der Waals surface area (Å²) in [6, 6.07) is 3.46. The van der Waals surface area contributed by atoms with Crippen LogP contribution in [0.5, 0.6) is 0 Å². The highest BCUT2D eigenvalue weighted by atomic mass is 31.1. The Bertz CT molecular complexity index is 1170. The summed E-state index contributed by atoms with van der Waals surface area (Å²) in [5, 5.41) is 3.21. The highest BCUT2D eigenvalue weighted by molar-refractivity contribution is 7.39. The average molecular weight is 531 g/mol. The van der Waals surface area contributed by atoms with Gasteiger partial charge < -0.3 is 10.3 Å². The molecule has 4 nitrogen and oxygen atoms in total. The first-order valence-electron chi connectivity index (χ1n) is 13.4. The molecule has 1 aromatic heterocycles. The molecular weight excluding hydrogens is 492 g/mol. The zero-order chi connectivity index (χ0) is 26.1. The minimum atomic E-state index is -1.61. The standard InChI is InChI=1S/C26H39B2F2N3OP2/c1-23(27)11-15(23)13-31-21(34)17(12-24(2,28)30)16-3-4-18-20(19(16)29)33-22(32-18)25(9-10-25)14-5-7-26(35,36)8-6-14/h3-4,14-15,17H,5-13,27-28,35-36H2,1-2H3,(H,31,34)(H,32,33). The second kappa shape index (κ2) is 9.04. The van der Waals surface area contributed by atoms with Crippen LogP contribution in [0.25, 0.3) is 11.0 Å². The van der Waals surface area contributed by atoms with Crippen molar-refractivity contribution in [3.8, 4) is 0 Å². The summed E-state index contributed by atoms with van der Waals surface area (Å²) in [6.07, 6.45) is 7.69. The summed E-state index contributed by atoms with van der Waals surface area (Å²) >= 11 is 0. The van der Waals surface area contributed by atoms with Gasteiger partial charge in [0.15, 0.2) is 5.82 Å². The lowest BCUT2D eigenvalue weighted by Crippen LogP contribution is -2.35. The number of alkyl halides is 1. The predicted molar refractivity (Wildman–Crippen MR) is 155 cm³/mol. The molecule has 36 heavy (non-hydrogen) atoms. The fraction of sp³-hybridized carbons (Fsp3) is 0.692. The number of benzene rings is 1. The van der Waals surface area contributed by atoms with Crippen molar-refractivity contribution in [3.05, 3.63) is 29.3 Å². The van der Waals surface area contributed by atoms with Crippen molar-refractivity contribution < 1.29 is 13.6 Å². The van der Waals surface area contributed by atoms with Crippen LogP contribution in [-0.4, -0.2) is 48.6 Å². The van der Waals surface area contributed by atoms with Gasteiger partial charge >= 0.3 is 0 Å². The van der Waals surface area contributed by atoms with Gasteiger partial charge in [0.1, 0.15) is 27.0 Å². The van der Waals surface area contributed by atoms with Crippen LogP contribution in [0.1, 0.15) is 82.5 Å². The fourth-order valence-corrected chi connectivity index (χ4v) is 7.01. The number of nitrogens with zero attached hydrogens (tertiary/aromatic N) is 1. The van der Waals surface area contributed by atoms with Gasteiger partial charge in [-0.3, -0.25) is 9.18 Å². The molecule has 0 bridgehead atoms. The van der Waals surface area contributed by atoms with Crippen molar-refractivity contribution in [1.29, 1.82) is 0 Å². The molecule has 3 aliphatic rings. The maximum Gasteiger partial charge on any atom is 0.227 e. The number of hydrogen-bond acceptors (Lipinski definition) is 2. The van der Waals surface area contributed by atoms with Crippen molar-refractivity contribution in [1.82, 2.24) is 15.3 Å². The fourth-order valence-electron chi connectivity index (χ4n) is 6.34. The van der Waals surface area contributed by atoms with E-state index < -0.39 is 17.3 Å². The third-order valence-electron chi connectivity index (χ3n) is 9.20. The number of H-pyrrole nitrogens is 1. The van der Waals surface area contributed by atoms with Crippen LogP contribution in [-0.2, 0) is 10.2 Å². The van der Waals surface area contributed by atoms with E-state index in [1.807, 2.05) is 6.07 Å². The first-order valence-corrected chi connectivity index (χ1v) is 14.6. The lowest BCUT2D eigenvalue weighted by atomic mass is 9.76. The smallest absolute Gasteiger partial charge is 0.227 e. The third-order valence-corrected chi connectivity index (χ3v) is 10.4. The molecule has 3 aliphatic carbocycles. The third kappa shape index (κ3) is 5.28. The Morgan fingerprint density at radius 3 is 2.50 bits per heavy atom. The van der Waals surface area contributed by atoms with Crippen LogP contribution < -0.4 is 5.32 Å². The number of imidazole rings is 1. The molecule has 0 radical (unpaired) electrons. The Morgan fingerprint density at radius 1 is 1.31 bits per heavy atom. The largest absolute Gasteiger partial charge is 0.355 e. The molecular formula is C26H39B2F2N3OP2. The maximum absolute atomic E-state index is 16.0. The zero-order valence-electron chi connectivity index (χ0n) is 22.0. The first kappa shape index (κ1) is 26.6. The Hall–Kier alpha value is -0.990. The molecule has 1 aromatic carbocycles. The zero-order valence-corrected chi connectivity index (χ0v) is 24.3. The highest BCUT2D eigenvalue weighted by Crippen LogP contribution is 2.59. The summed E-state index contributed by atoms with van der Waals surface area (Å²) in [5.41, 5.74) is -0.446. The molecule has 1 heterocycles. The second-order valence-corrected chi connectivity index (χ2v) is 16.2. The van der Waals surface area contributed by atoms with E-state index in [0.29, 0.717) is 23.9 Å². The van der Waals surface area contributed by atoms with Crippen LogP contribution in [0.3, 0.4) is 0 Å². The maximum atomic E-state index is 16.0. The van der Waals surface area contributed by atoms with Crippen LogP contribution in [0, 0.1) is 17.7 Å². The van der Waals surface area contributed by atoms with Crippen LogP contribution in [0.4, 0.5) is 8.78 Å². The van der Waals surface area contributed by atoms with E-state index in [2.05, 4.69) is 43.6 Å². The highest BCUT2D eigenvalue weighted by Gasteiger charge is 2.54. The number of fused-ring (bicyclic) bond motifs is 1. The van der Waals surface area contributed by atoms with E-state index in [0.717, 1.165) is 50.8 Å². The molecule has 1 amide bonds. The van der Waals surface area contributed by atoms with Crippen molar-refractivity contribution in [2.24, 2.45) is 11.8 Å². The number of nitrogens with one attached hydrogen (secondary N) is 2. The molecule has 0 spiro atoms. The van der Waals surface area contributed by atoms with Gasteiger partial charge in [-0.2, -0.15) is 0 Å². The molecule has 194 valence electrons. The lowest BCUT2D eigenvalue weighted by Gasteiger charge is -2.37. The van der Waals surface area contributed by atoms with E-state index >= 15 is 4.39 Å². The second-order valence-electron chi connectivity index (χ2n) is 13.2. The molecule has 0 saturated heterocycles. The molecule has 6 unspecified atom stereocenters. The number of rotatable bonds is 8. The van der Waals surface area contributed by atoms with E-state index in [1.165, 1.54) is 14.8 Å². The summed E-state index contributed by atoms with van der Waals surface area (Å²) in [4.78, 5) is 21.7. The van der Waals surface area contributed by atoms with Crippen molar-refractivity contribution in [3.63, 3.8) is 0 Å². The SMILES string of the molecule is BC(C)(F)CC(C(=O)NCC1CC1(B)C)c1ccc2[nH]c(C3(C4CCC(P)(P)CC4)CC3)nc2c1F. The predicted octanol–water partition coefficient (Wildman–Crippen LogP) is 4.11. The number of carbonyl (C=O) groups excluding carboxylic acids is 1. The molecule has 10 heteroatoms. The lowest BCUT2D eigenvalue weighted by molar-refractivity contribution is -0.123. The first-order chi connectivity index (χ1) is 16.7. The summed E-state index contributed by atoms with van der Waals surface area (Å²) in [6.45, 7) is 4.16. The molecule has 0 aliphatic heterocycles. The Kier molecular flexibility index (Phi) is 6.69. The van der Waals surface area contributed by atoms with Gasteiger partial charge in [-0.15, -0.1) is 18.5 Å². The normalized spacial score (nSPS) is 29.4. The summed E-state index contributed by atoms with van der Waals surface area (Å²) < 4.78 is 30.7. The minimum absolute atomic E-state index is 0.00618. The van der Waals surface area contributed by atoms with Crippen molar-refractivity contribution in [2.45, 2.75) is 92.3 Å². The molecule has 2 aromatic rings. The van der Waals surface area contributed by atoms with Crippen LogP contribution in [0.2, 0.25) is 5.31 Å². The molecule has 5 rings (SSSR count). The Morgan fingerprint density at radius 2 is 1.94 bits per heavy atom. The number of aromatic amines is 1. The summed E-state index contributed by atoms with van der Waals surface area (Å²) in [7, 11) is 9.57. The number of aromatic nitrogens is 2. The van der Waals surface area contributed by atoms with Crippen LogP contribution >= 0.6 is 18.5 Å². The van der Waals surface area contributed by atoms with Crippen molar-refractivity contribution in [2.75, 3.05) is 6.54 Å². The number of halogens is 2. The van der Waals surface area contributed by atoms with Gasteiger partial charge in [-0.1, -0.05) is 24.7 Å². The van der Waals surface area contributed by atoms with E-state index in [-0.39, 0.29) is 39.0 Å². The number of amides is 1. The number of hydrogen-bond donors (Lipinski definition) is 2. The van der Waals surface area contributed by atoms with E-state index in [4.69, 9.17) is 4.98 Å². The van der Waals surface area contributed by atoms with Crippen molar-refractivity contribution >= 4 is 51.1 Å². The quantitative estimate of drug-likeness (QED) is 0.398. The topological polar surface area (TPSA) is 57.8 Å². The molecule has 6 atom stereocenters. The Balaban J connectivity index is 1.41. The van der Waals surface area contributed by atoms with Gasteiger partial charge in [0, 0.05) is 17.5 Å². The van der Waals surface area contributed by atoms with Gasteiger partial charge in [0.2, 0.25) is 5.91 Å². The van der Waals surface area contributed by atoms with Gasteiger partial charge in [-0.05, 0) is 74.7 Å². The summed E-state index contributed by atoms with van der Waals surface area (Å²) in [5.74, 6) is 0.130. The van der Waals surface area contributed by atoms with Gasteiger partial charge in [0.05, 0.1) is 17.0 Å². The average Bonchev–Trinajstić information content (AvgIpc) is 3.64. The monoisotopic (exact) mass is 531 g/mol. The van der Waals surface area contributed by atoms with Gasteiger partial charge in [-0.25, -0.2) is 9.37 Å². The number of carbonyl (C=O) groups is 1. The van der Waals surface area contributed by atoms with Gasteiger partial charge in [0.25, 0.3) is 0 Å². The van der Waals surface area contributed by atoms with E-state index in [9.17, 15) is 9.18 Å². The van der Waals surface area contributed by atoms with Crippen LogP contribution in [0.15, 0.2) is 12.1 Å². The molecule has 2 N–H and O–H groups in total. The van der Waals surface area contributed by atoms with E-state index in [1.54, 1.807) is 6.07 Å². The molecule has 3 fully saturated rings.